The first-order chi connectivity index (χ1) is 8.56. The van der Waals surface area contributed by atoms with Gasteiger partial charge in [0, 0.05) is 5.38 Å². The van der Waals surface area contributed by atoms with Crippen LogP contribution in [-0.4, -0.2) is 19.6 Å². The summed E-state index contributed by atoms with van der Waals surface area (Å²) in [7, 11) is 3.29. The number of rotatable bonds is 7. The molecule has 0 bridgehead atoms. The summed E-state index contributed by atoms with van der Waals surface area (Å²) in [5.41, 5.74) is 1.19. The average Bonchev–Trinajstić information content (AvgIpc) is 2.36. The predicted molar refractivity (Wildman–Crippen MR) is 77.0 cm³/mol. The molecule has 0 aliphatic heterocycles. The van der Waals surface area contributed by atoms with Crippen LogP contribution < -0.4 is 9.47 Å². The number of alkyl halides is 1. The van der Waals surface area contributed by atoms with Gasteiger partial charge in [0.15, 0.2) is 11.5 Å². The van der Waals surface area contributed by atoms with Crippen LogP contribution in [0.2, 0.25) is 0 Å². The molecule has 0 saturated heterocycles. The lowest BCUT2D eigenvalue weighted by Crippen LogP contribution is -2.05. The van der Waals surface area contributed by atoms with Crippen molar-refractivity contribution in [1.82, 2.24) is 0 Å². The summed E-state index contributed by atoms with van der Waals surface area (Å²) in [5, 5.41) is 0.186. The molecule has 1 aromatic rings. The van der Waals surface area contributed by atoms with E-state index in [9.17, 15) is 0 Å². The maximum Gasteiger partial charge on any atom is 0.160 e. The Bertz CT molecular complexity index is 364. The van der Waals surface area contributed by atoms with Gasteiger partial charge in [-0.05, 0) is 42.9 Å². The predicted octanol–water partition coefficient (Wildman–Crippen LogP) is 4.29. The molecule has 1 atom stereocenters. The minimum Gasteiger partial charge on any atom is -0.493 e. The number of benzene rings is 1. The van der Waals surface area contributed by atoms with Crippen molar-refractivity contribution in [2.75, 3.05) is 14.2 Å². The van der Waals surface area contributed by atoms with Crippen molar-refractivity contribution in [1.29, 1.82) is 0 Å². The van der Waals surface area contributed by atoms with E-state index in [1.807, 2.05) is 18.2 Å². The van der Waals surface area contributed by atoms with Crippen LogP contribution in [0.4, 0.5) is 0 Å². The Morgan fingerprint density at radius 3 is 2.28 bits per heavy atom. The van der Waals surface area contributed by atoms with Crippen LogP contribution in [-0.2, 0) is 6.42 Å². The molecule has 1 unspecified atom stereocenters. The number of halogens is 1. The van der Waals surface area contributed by atoms with Crippen LogP contribution in [0.1, 0.15) is 32.3 Å². The second kappa shape index (κ2) is 7.52. The van der Waals surface area contributed by atoms with Gasteiger partial charge < -0.3 is 9.47 Å². The zero-order chi connectivity index (χ0) is 13.5. The van der Waals surface area contributed by atoms with Crippen molar-refractivity contribution < 1.29 is 9.47 Å². The molecule has 0 aromatic heterocycles. The fraction of sp³-hybridized carbons (Fsp3) is 0.600. The molecular weight excluding hydrogens is 248 g/mol. The van der Waals surface area contributed by atoms with Gasteiger partial charge in [-0.3, -0.25) is 0 Å². The van der Waals surface area contributed by atoms with Crippen LogP contribution in [0.3, 0.4) is 0 Å². The van der Waals surface area contributed by atoms with Gasteiger partial charge in [-0.2, -0.15) is 0 Å². The molecular formula is C15H23ClO2. The summed E-state index contributed by atoms with van der Waals surface area (Å²) in [5.74, 6) is 2.23. The van der Waals surface area contributed by atoms with Crippen LogP contribution in [0, 0.1) is 5.92 Å². The van der Waals surface area contributed by atoms with Crippen molar-refractivity contribution in [3.63, 3.8) is 0 Å². The zero-order valence-electron chi connectivity index (χ0n) is 11.7. The molecule has 1 rings (SSSR count). The summed E-state index contributed by atoms with van der Waals surface area (Å²) in [6.45, 7) is 4.44. The fourth-order valence-corrected chi connectivity index (χ4v) is 2.18. The second-order valence-corrected chi connectivity index (χ2v) is 5.58. The standard InChI is InChI=1S/C15H23ClO2/c1-11(2)5-7-13(16)9-12-6-8-14(17-3)15(10-12)18-4/h6,8,10-11,13H,5,7,9H2,1-4H3. The lowest BCUT2D eigenvalue weighted by atomic mass is 10.0. The fourth-order valence-electron chi connectivity index (χ4n) is 1.88. The Balaban J connectivity index is 2.61. The Morgan fingerprint density at radius 2 is 1.72 bits per heavy atom. The van der Waals surface area contributed by atoms with Crippen molar-refractivity contribution >= 4 is 11.6 Å². The molecule has 0 N–H and O–H groups in total. The van der Waals surface area contributed by atoms with Crippen LogP contribution >= 0.6 is 11.6 Å². The van der Waals surface area contributed by atoms with Crippen molar-refractivity contribution in [3.8, 4) is 11.5 Å². The van der Waals surface area contributed by atoms with E-state index in [4.69, 9.17) is 21.1 Å². The van der Waals surface area contributed by atoms with Gasteiger partial charge in [0.1, 0.15) is 0 Å². The van der Waals surface area contributed by atoms with E-state index in [2.05, 4.69) is 13.8 Å². The number of hydrogen-bond donors (Lipinski definition) is 0. The maximum absolute atomic E-state index is 6.36. The number of methoxy groups -OCH3 is 2. The minimum absolute atomic E-state index is 0.186. The van der Waals surface area contributed by atoms with Crippen molar-refractivity contribution in [2.24, 2.45) is 5.92 Å². The van der Waals surface area contributed by atoms with E-state index in [-0.39, 0.29) is 5.38 Å². The molecule has 0 radical (unpaired) electrons. The first kappa shape index (κ1) is 15.2. The number of hydrogen-bond acceptors (Lipinski definition) is 2. The summed E-state index contributed by atoms with van der Waals surface area (Å²) in [4.78, 5) is 0. The summed E-state index contributed by atoms with van der Waals surface area (Å²) in [6, 6.07) is 5.98. The highest BCUT2D eigenvalue weighted by Crippen LogP contribution is 2.28. The van der Waals surface area contributed by atoms with Crippen molar-refractivity contribution in [3.05, 3.63) is 23.8 Å². The minimum atomic E-state index is 0.186. The first-order valence-electron chi connectivity index (χ1n) is 6.41. The molecule has 0 aliphatic carbocycles. The maximum atomic E-state index is 6.36. The van der Waals surface area contributed by atoms with Gasteiger partial charge in [0.05, 0.1) is 14.2 Å². The van der Waals surface area contributed by atoms with E-state index in [0.29, 0.717) is 5.92 Å². The quantitative estimate of drug-likeness (QED) is 0.688. The second-order valence-electron chi connectivity index (χ2n) is 4.96. The van der Waals surface area contributed by atoms with Gasteiger partial charge in [-0.1, -0.05) is 19.9 Å². The zero-order valence-corrected chi connectivity index (χ0v) is 12.5. The van der Waals surface area contributed by atoms with E-state index in [0.717, 1.165) is 24.3 Å². The molecule has 0 amide bonds. The Morgan fingerprint density at radius 1 is 1.06 bits per heavy atom. The Kier molecular flexibility index (Phi) is 6.34. The third kappa shape index (κ3) is 4.77. The van der Waals surface area contributed by atoms with E-state index < -0.39 is 0 Å². The molecule has 3 heteroatoms. The van der Waals surface area contributed by atoms with Gasteiger partial charge in [-0.15, -0.1) is 11.6 Å². The van der Waals surface area contributed by atoms with Crippen LogP contribution in [0.25, 0.3) is 0 Å². The summed E-state index contributed by atoms with van der Waals surface area (Å²) >= 11 is 6.36. The largest absolute Gasteiger partial charge is 0.493 e. The molecule has 0 saturated carbocycles. The molecule has 2 nitrogen and oxygen atoms in total. The van der Waals surface area contributed by atoms with E-state index >= 15 is 0 Å². The molecule has 102 valence electrons. The lowest BCUT2D eigenvalue weighted by molar-refractivity contribution is 0.354. The van der Waals surface area contributed by atoms with Crippen molar-refractivity contribution in [2.45, 2.75) is 38.5 Å². The monoisotopic (exact) mass is 270 g/mol. The van der Waals surface area contributed by atoms with Crippen LogP contribution in [0.15, 0.2) is 18.2 Å². The molecule has 18 heavy (non-hydrogen) atoms. The molecule has 0 aliphatic rings. The highest BCUT2D eigenvalue weighted by molar-refractivity contribution is 6.20. The van der Waals surface area contributed by atoms with Crippen LogP contribution in [0.5, 0.6) is 11.5 Å². The summed E-state index contributed by atoms with van der Waals surface area (Å²) < 4.78 is 10.5. The molecule has 1 aromatic carbocycles. The third-order valence-electron chi connectivity index (χ3n) is 2.96. The summed E-state index contributed by atoms with van der Waals surface area (Å²) in [6.07, 6.45) is 3.09. The molecule has 0 spiro atoms. The third-order valence-corrected chi connectivity index (χ3v) is 3.33. The Hall–Kier alpha value is -0.890. The Labute approximate surface area is 115 Å². The number of ether oxygens (including phenoxy) is 2. The highest BCUT2D eigenvalue weighted by atomic mass is 35.5. The molecule has 0 fully saturated rings. The van der Waals surface area contributed by atoms with Gasteiger partial charge in [0.2, 0.25) is 0 Å². The van der Waals surface area contributed by atoms with Gasteiger partial charge in [-0.25, -0.2) is 0 Å². The first-order valence-corrected chi connectivity index (χ1v) is 6.85. The van der Waals surface area contributed by atoms with E-state index in [1.54, 1.807) is 14.2 Å². The highest BCUT2D eigenvalue weighted by Gasteiger charge is 2.10. The topological polar surface area (TPSA) is 18.5 Å². The van der Waals surface area contributed by atoms with E-state index in [1.165, 1.54) is 12.0 Å². The molecule has 0 heterocycles. The lowest BCUT2D eigenvalue weighted by Gasteiger charge is -2.13. The smallest absolute Gasteiger partial charge is 0.160 e. The van der Waals surface area contributed by atoms with Gasteiger partial charge >= 0.3 is 0 Å². The van der Waals surface area contributed by atoms with Gasteiger partial charge in [0.25, 0.3) is 0 Å². The average molecular weight is 271 g/mol. The SMILES string of the molecule is COc1ccc(CC(Cl)CCC(C)C)cc1OC. The normalized spacial score (nSPS) is 12.6.